The van der Waals surface area contributed by atoms with Crippen molar-refractivity contribution in [1.29, 1.82) is 5.26 Å². The topological polar surface area (TPSA) is 96.3 Å². The summed E-state index contributed by atoms with van der Waals surface area (Å²) in [6.45, 7) is 1.63. The number of esters is 1. The van der Waals surface area contributed by atoms with Crippen molar-refractivity contribution in [2.45, 2.75) is 32.6 Å². The number of benzene rings is 1. The lowest BCUT2D eigenvalue weighted by atomic mass is 10.0. The van der Waals surface area contributed by atoms with Crippen molar-refractivity contribution in [1.82, 2.24) is 0 Å². The van der Waals surface area contributed by atoms with Gasteiger partial charge in [-0.3, -0.25) is 14.4 Å². The Kier molecular flexibility index (Phi) is 7.71. The number of aryl methyl sites for hydroxylation is 1. The van der Waals surface area contributed by atoms with Crippen molar-refractivity contribution in [2.24, 2.45) is 0 Å². The maximum Gasteiger partial charge on any atom is 0.306 e. The van der Waals surface area contributed by atoms with Crippen LogP contribution in [-0.4, -0.2) is 24.3 Å². The number of ether oxygens (including phenoxy) is 1. The van der Waals surface area contributed by atoms with Crippen LogP contribution in [0, 0.1) is 11.3 Å². The average Bonchev–Trinajstić information content (AvgIpc) is 3.12. The van der Waals surface area contributed by atoms with Crippen LogP contribution in [-0.2, 0) is 20.7 Å². The smallest absolute Gasteiger partial charge is 0.306 e. The number of ketones is 1. The van der Waals surface area contributed by atoms with Crippen LogP contribution in [0.25, 0.3) is 0 Å². The Morgan fingerprint density at radius 1 is 1.15 bits per heavy atom. The fourth-order valence-electron chi connectivity index (χ4n) is 2.38. The van der Waals surface area contributed by atoms with Gasteiger partial charge in [0.15, 0.2) is 12.4 Å². The molecule has 0 saturated carbocycles. The highest BCUT2D eigenvalue weighted by Gasteiger charge is 2.13. The number of rotatable bonds is 9. The van der Waals surface area contributed by atoms with Crippen LogP contribution < -0.4 is 5.32 Å². The van der Waals surface area contributed by atoms with Crippen LogP contribution in [0.4, 0.5) is 5.00 Å². The van der Waals surface area contributed by atoms with Gasteiger partial charge in [0.2, 0.25) is 0 Å². The molecule has 7 heteroatoms. The lowest BCUT2D eigenvalue weighted by molar-refractivity contribution is -0.147. The van der Waals surface area contributed by atoms with E-state index < -0.39 is 18.5 Å². The summed E-state index contributed by atoms with van der Waals surface area (Å²) in [5, 5.41) is 13.5. The normalized spacial score (nSPS) is 10.1. The first-order valence-electron chi connectivity index (χ1n) is 8.58. The molecule has 6 nitrogen and oxygen atoms in total. The molecule has 0 atom stereocenters. The number of nitriles is 1. The number of anilines is 1. The van der Waals surface area contributed by atoms with Crippen LogP contribution in [0.15, 0.2) is 35.7 Å². The summed E-state index contributed by atoms with van der Waals surface area (Å²) in [5.41, 5.74) is 2.09. The Bertz CT molecular complexity index is 850. The summed E-state index contributed by atoms with van der Waals surface area (Å²) in [4.78, 5) is 35.6. The van der Waals surface area contributed by atoms with E-state index in [9.17, 15) is 14.4 Å². The molecule has 1 aromatic carbocycles. The van der Waals surface area contributed by atoms with E-state index in [1.807, 2.05) is 18.2 Å². The van der Waals surface area contributed by atoms with Crippen LogP contribution >= 0.6 is 11.3 Å². The number of thiophene rings is 1. The summed E-state index contributed by atoms with van der Waals surface area (Å²) in [5.74, 6) is -1.29. The average molecular weight is 384 g/mol. The molecule has 0 unspecified atom stereocenters. The molecule has 2 rings (SSSR count). The van der Waals surface area contributed by atoms with E-state index >= 15 is 0 Å². The standard InChI is InChI=1S/C20H20N2O4S/c1-2-3-14-4-6-15(7-5-14)17(23)8-9-19(25)26-13-18(24)22-20-16(12-21)10-11-27-20/h4-7,10-11H,2-3,8-9,13H2,1H3,(H,22,24). The van der Waals surface area contributed by atoms with Crippen molar-refractivity contribution in [3.8, 4) is 6.07 Å². The van der Waals surface area contributed by atoms with Gasteiger partial charge >= 0.3 is 5.97 Å². The molecule has 140 valence electrons. The Balaban J connectivity index is 1.73. The zero-order valence-electron chi connectivity index (χ0n) is 15.0. The largest absolute Gasteiger partial charge is 0.456 e. The molecule has 0 saturated heterocycles. The maximum absolute atomic E-state index is 12.1. The highest BCUT2D eigenvalue weighted by atomic mass is 32.1. The van der Waals surface area contributed by atoms with Crippen molar-refractivity contribution in [2.75, 3.05) is 11.9 Å². The van der Waals surface area contributed by atoms with E-state index in [1.54, 1.807) is 23.6 Å². The van der Waals surface area contributed by atoms with E-state index in [0.29, 0.717) is 16.1 Å². The van der Waals surface area contributed by atoms with E-state index in [-0.39, 0.29) is 18.6 Å². The molecule has 0 spiro atoms. The van der Waals surface area contributed by atoms with Gasteiger partial charge in [-0.1, -0.05) is 37.6 Å². The van der Waals surface area contributed by atoms with Crippen LogP contribution in [0.1, 0.15) is 47.7 Å². The van der Waals surface area contributed by atoms with E-state index in [2.05, 4.69) is 12.2 Å². The molecule has 0 radical (unpaired) electrons. The first-order valence-corrected chi connectivity index (χ1v) is 9.46. The number of nitrogens with one attached hydrogen (secondary N) is 1. The molecular formula is C20H20N2O4S. The second kappa shape index (κ2) is 10.2. The number of carbonyl (C=O) groups excluding carboxylic acids is 3. The van der Waals surface area contributed by atoms with E-state index in [0.717, 1.165) is 12.8 Å². The van der Waals surface area contributed by atoms with Crippen molar-refractivity contribution in [3.63, 3.8) is 0 Å². The molecule has 0 aliphatic carbocycles. The minimum absolute atomic E-state index is 0.0249. The summed E-state index contributed by atoms with van der Waals surface area (Å²) < 4.78 is 4.88. The molecule has 1 aromatic heterocycles. The monoisotopic (exact) mass is 384 g/mol. The fraction of sp³-hybridized carbons (Fsp3) is 0.300. The van der Waals surface area contributed by atoms with Gasteiger partial charge in [-0.05, 0) is 23.4 Å². The minimum Gasteiger partial charge on any atom is -0.456 e. The number of Topliss-reactive ketones (excluding diaryl/α,β-unsaturated/α-hetero) is 1. The molecular weight excluding hydrogens is 364 g/mol. The molecule has 0 bridgehead atoms. The highest BCUT2D eigenvalue weighted by molar-refractivity contribution is 7.14. The Morgan fingerprint density at radius 3 is 2.56 bits per heavy atom. The predicted molar refractivity (Wildman–Crippen MR) is 103 cm³/mol. The molecule has 2 aromatic rings. The predicted octanol–water partition coefficient (Wildman–Crippen LogP) is 3.72. The molecule has 0 fully saturated rings. The molecule has 1 N–H and O–H groups in total. The summed E-state index contributed by atoms with van der Waals surface area (Å²) in [6.07, 6.45) is 1.93. The summed E-state index contributed by atoms with van der Waals surface area (Å²) >= 11 is 1.21. The zero-order valence-corrected chi connectivity index (χ0v) is 15.8. The zero-order chi connectivity index (χ0) is 19.6. The van der Waals surface area contributed by atoms with Gasteiger partial charge in [-0.25, -0.2) is 0 Å². The first kappa shape index (κ1) is 20.3. The SMILES string of the molecule is CCCc1ccc(C(=O)CCC(=O)OCC(=O)Nc2sccc2C#N)cc1. The van der Waals surface area contributed by atoms with Gasteiger partial charge in [0.05, 0.1) is 12.0 Å². The summed E-state index contributed by atoms with van der Waals surface area (Å²) in [7, 11) is 0. The van der Waals surface area contributed by atoms with Crippen LogP contribution in [0.5, 0.6) is 0 Å². The van der Waals surface area contributed by atoms with Gasteiger partial charge in [0.25, 0.3) is 5.91 Å². The fourth-order valence-corrected chi connectivity index (χ4v) is 3.13. The highest BCUT2D eigenvalue weighted by Crippen LogP contribution is 2.21. The molecule has 0 aliphatic heterocycles. The van der Waals surface area contributed by atoms with Gasteiger partial charge in [-0.2, -0.15) is 5.26 Å². The Morgan fingerprint density at radius 2 is 1.89 bits per heavy atom. The third-order valence-corrected chi connectivity index (χ3v) is 4.60. The van der Waals surface area contributed by atoms with Gasteiger partial charge in [0.1, 0.15) is 11.1 Å². The van der Waals surface area contributed by atoms with Gasteiger partial charge < -0.3 is 10.1 Å². The third kappa shape index (κ3) is 6.35. The van der Waals surface area contributed by atoms with Crippen LogP contribution in [0.3, 0.4) is 0 Å². The summed E-state index contributed by atoms with van der Waals surface area (Å²) in [6, 6.07) is 10.9. The quantitative estimate of drug-likeness (QED) is 0.525. The molecule has 27 heavy (non-hydrogen) atoms. The molecule has 0 aliphatic rings. The number of nitrogens with zero attached hydrogens (tertiary/aromatic N) is 1. The van der Waals surface area contributed by atoms with Crippen LogP contribution in [0.2, 0.25) is 0 Å². The van der Waals surface area contributed by atoms with Crippen molar-refractivity contribution in [3.05, 3.63) is 52.4 Å². The second-order valence-electron chi connectivity index (χ2n) is 5.85. The van der Waals surface area contributed by atoms with Crippen molar-refractivity contribution >= 4 is 34.0 Å². The Labute approximate surface area is 161 Å². The molecule has 1 amide bonds. The number of hydrogen-bond donors (Lipinski definition) is 1. The Hall–Kier alpha value is -2.98. The van der Waals surface area contributed by atoms with E-state index in [1.165, 1.54) is 16.9 Å². The first-order chi connectivity index (χ1) is 13.0. The molecule has 1 heterocycles. The van der Waals surface area contributed by atoms with E-state index in [4.69, 9.17) is 10.00 Å². The maximum atomic E-state index is 12.1. The van der Waals surface area contributed by atoms with Gasteiger partial charge in [0, 0.05) is 12.0 Å². The third-order valence-electron chi connectivity index (χ3n) is 3.77. The lowest BCUT2D eigenvalue weighted by Crippen LogP contribution is -2.21. The number of hydrogen-bond acceptors (Lipinski definition) is 6. The number of carbonyl (C=O) groups is 3. The van der Waals surface area contributed by atoms with Crippen molar-refractivity contribution < 1.29 is 19.1 Å². The second-order valence-corrected chi connectivity index (χ2v) is 6.77. The minimum atomic E-state index is -0.618. The lowest BCUT2D eigenvalue weighted by Gasteiger charge is -2.06. The van der Waals surface area contributed by atoms with Gasteiger partial charge in [-0.15, -0.1) is 11.3 Å². The number of amides is 1.